The molecule has 9 nitrogen and oxygen atoms in total. The molecule has 5 rings (SSSR count). The van der Waals surface area contributed by atoms with Crippen molar-refractivity contribution in [3.63, 3.8) is 0 Å². The molecule has 0 bridgehead atoms. The Balaban J connectivity index is 1.32. The number of anilines is 2. The van der Waals surface area contributed by atoms with Gasteiger partial charge in [0, 0.05) is 23.8 Å². The number of amides is 2. The van der Waals surface area contributed by atoms with Gasteiger partial charge in [0.05, 0.1) is 34.3 Å². The van der Waals surface area contributed by atoms with Crippen LogP contribution in [0.5, 0.6) is 0 Å². The van der Waals surface area contributed by atoms with Crippen molar-refractivity contribution >= 4 is 50.6 Å². The van der Waals surface area contributed by atoms with Crippen molar-refractivity contribution in [2.24, 2.45) is 4.99 Å². The number of halogens is 1. The van der Waals surface area contributed by atoms with Gasteiger partial charge in [0.1, 0.15) is 9.84 Å². The minimum atomic E-state index is -3.01. The molecule has 36 heavy (non-hydrogen) atoms. The van der Waals surface area contributed by atoms with Gasteiger partial charge in [-0.25, -0.2) is 8.42 Å². The van der Waals surface area contributed by atoms with E-state index < -0.39 is 9.84 Å². The van der Waals surface area contributed by atoms with Crippen molar-refractivity contribution in [2.75, 3.05) is 29.9 Å². The smallest absolute Gasteiger partial charge is 0.257 e. The molecule has 11 heteroatoms. The molecule has 2 aromatic rings. The molecule has 190 valence electrons. The summed E-state index contributed by atoms with van der Waals surface area (Å²) in [4.78, 5) is 29.8. The first kappa shape index (κ1) is 24.6. The van der Waals surface area contributed by atoms with E-state index in [0.29, 0.717) is 54.6 Å². The van der Waals surface area contributed by atoms with Crippen LogP contribution in [0.1, 0.15) is 57.9 Å². The lowest BCUT2D eigenvalue weighted by molar-refractivity contribution is 0.0933. The van der Waals surface area contributed by atoms with Crippen LogP contribution in [0.15, 0.2) is 41.4 Å². The third-order valence-electron chi connectivity index (χ3n) is 6.64. The van der Waals surface area contributed by atoms with Crippen LogP contribution >= 0.6 is 11.6 Å². The molecule has 0 unspecified atom stereocenters. The van der Waals surface area contributed by atoms with Crippen LogP contribution in [0.3, 0.4) is 0 Å². The highest BCUT2D eigenvalue weighted by atomic mass is 35.5. The fraction of sp³-hybridized carbons (Fsp3) is 0.400. The normalized spacial score (nSPS) is 19.2. The average molecular weight is 530 g/mol. The summed E-state index contributed by atoms with van der Waals surface area (Å²) in [5.74, 6) is 0.461. The third-order valence-corrected chi connectivity index (χ3v) is 8.76. The number of hydrogen-bond acceptors (Lipinski definition) is 7. The summed E-state index contributed by atoms with van der Waals surface area (Å²) >= 11 is 6.64. The van der Waals surface area contributed by atoms with Crippen LogP contribution < -0.4 is 21.3 Å². The van der Waals surface area contributed by atoms with Crippen LogP contribution in [-0.2, 0) is 9.84 Å². The first-order chi connectivity index (χ1) is 17.3. The van der Waals surface area contributed by atoms with Crippen molar-refractivity contribution in [3.8, 4) is 0 Å². The molecule has 2 aromatic carbocycles. The Labute approximate surface area is 215 Å². The fourth-order valence-electron chi connectivity index (χ4n) is 4.46. The second kappa shape index (κ2) is 10.1. The molecule has 2 heterocycles. The summed E-state index contributed by atoms with van der Waals surface area (Å²) in [6.07, 6.45) is 2.89. The number of hydrogen-bond donors (Lipinski definition) is 4. The van der Waals surface area contributed by atoms with Gasteiger partial charge in [0.2, 0.25) is 0 Å². The number of carbonyl (C=O) groups excluding carboxylic acids is 2. The molecular weight excluding hydrogens is 502 g/mol. The molecule has 0 atom stereocenters. The van der Waals surface area contributed by atoms with Gasteiger partial charge in [-0.15, -0.1) is 0 Å². The number of guanidine groups is 1. The molecule has 2 fully saturated rings. The van der Waals surface area contributed by atoms with E-state index in [-0.39, 0.29) is 34.4 Å². The Bertz CT molecular complexity index is 1330. The Morgan fingerprint density at radius 2 is 1.78 bits per heavy atom. The predicted octanol–water partition coefficient (Wildman–Crippen LogP) is 2.96. The number of nitrogens with zero attached hydrogens (tertiary/aromatic N) is 1. The minimum absolute atomic E-state index is 0.0792. The average Bonchev–Trinajstić information content (AvgIpc) is 3.58. The van der Waals surface area contributed by atoms with Crippen molar-refractivity contribution < 1.29 is 18.0 Å². The van der Waals surface area contributed by atoms with Crippen LogP contribution in [0.25, 0.3) is 0 Å². The fourth-order valence-corrected chi connectivity index (χ4v) is 6.21. The van der Waals surface area contributed by atoms with Gasteiger partial charge in [-0.2, -0.15) is 0 Å². The molecule has 1 saturated heterocycles. The SMILES string of the molecule is O=C(NC1=NCCN1)c1ccc(Nc2cccc(C(=O)NC3CCS(=O)(=O)CC3)c2Cl)c(C2CC2)c1. The number of aliphatic imine (C=N–C) groups is 1. The Morgan fingerprint density at radius 3 is 2.47 bits per heavy atom. The standard InChI is InChI=1S/C25H28ClN5O4S/c26-22-18(24(33)29-17-8-12-36(34,35)13-9-17)2-1-3-21(22)30-20-7-6-16(14-19(20)15-4-5-15)23(32)31-25-27-10-11-28-25/h1-3,6-7,14-15,17,30H,4-5,8-13H2,(H,29,33)(H2,27,28,31,32). The molecule has 0 spiro atoms. The highest BCUT2D eigenvalue weighted by Gasteiger charge is 2.28. The number of nitrogens with one attached hydrogen (secondary N) is 4. The van der Waals surface area contributed by atoms with Crippen molar-refractivity contribution in [1.29, 1.82) is 0 Å². The van der Waals surface area contributed by atoms with Gasteiger partial charge in [0.25, 0.3) is 11.8 Å². The summed E-state index contributed by atoms with van der Waals surface area (Å²) in [6, 6.07) is 10.5. The van der Waals surface area contributed by atoms with E-state index in [1.165, 1.54) is 0 Å². The second-order valence-electron chi connectivity index (χ2n) is 9.38. The van der Waals surface area contributed by atoms with Gasteiger partial charge in [-0.3, -0.25) is 19.9 Å². The molecule has 1 saturated carbocycles. The minimum Gasteiger partial charge on any atom is -0.354 e. The molecule has 2 amide bonds. The number of rotatable bonds is 6. The summed E-state index contributed by atoms with van der Waals surface area (Å²) in [6.45, 7) is 1.36. The van der Waals surface area contributed by atoms with Crippen LogP contribution in [0.2, 0.25) is 5.02 Å². The molecule has 0 aromatic heterocycles. The quantitative estimate of drug-likeness (QED) is 0.455. The lowest BCUT2D eigenvalue weighted by atomic mass is 10.0. The van der Waals surface area contributed by atoms with Crippen LogP contribution in [0, 0.1) is 0 Å². The van der Waals surface area contributed by atoms with Crippen molar-refractivity contribution in [3.05, 3.63) is 58.1 Å². The zero-order chi connectivity index (χ0) is 25.3. The largest absolute Gasteiger partial charge is 0.354 e. The van der Waals surface area contributed by atoms with Gasteiger partial charge < -0.3 is 16.0 Å². The second-order valence-corrected chi connectivity index (χ2v) is 12.1. The first-order valence-corrected chi connectivity index (χ1v) is 14.3. The molecule has 0 radical (unpaired) electrons. The lowest BCUT2D eigenvalue weighted by Crippen LogP contribution is -2.40. The van der Waals surface area contributed by atoms with Gasteiger partial charge in [0.15, 0.2) is 5.96 Å². The zero-order valence-corrected chi connectivity index (χ0v) is 21.2. The summed E-state index contributed by atoms with van der Waals surface area (Å²) < 4.78 is 23.3. The molecule has 1 aliphatic carbocycles. The maximum absolute atomic E-state index is 12.9. The number of benzene rings is 2. The highest BCUT2D eigenvalue weighted by Crippen LogP contribution is 2.45. The van der Waals surface area contributed by atoms with E-state index in [0.717, 1.165) is 24.1 Å². The topological polar surface area (TPSA) is 129 Å². The van der Waals surface area contributed by atoms with Crippen molar-refractivity contribution in [1.82, 2.24) is 16.0 Å². The number of sulfone groups is 1. The van der Waals surface area contributed by atoms with E-state index in [1.54, 1.807) is 24.3 Å². The summed E-state index contributed by atoms with van der Waals surface area (Å²) in [7, 11) is -3.01. The zero-order valence-electron chi connectivity index (χ0n) is 19.6. The summed E-state index contributed by atoms with van der Waals surface area (Å²) in [5, 5.41) is 12.4. The maximum Gasteiger partial charge on any atom is 0.257 e. The Hall–Kier alpha value is -3.11. The highest BCUT2D eigenvalue weighted by molar-refractivity contribution is 7.91. The van der Waals surface area contributed by atoms with Gasteiger partial charge in [-0.1, -0.05) is 17.7 Å². The van der Waals surface area contributed by atoms with E-state index in [4.69, 9.17) is 11.6 Å². The lowest BCUT2D eigenvalue weighted by Gasteiger charge is -2.23. The van der Waals surface area contributed by atoms with E-state index in [2.05, 4.69) is 26.3 Å². The third kappa shape index (κ3) is 5.65. The van der Waals surface area contributed by atoms with Gasteiger partial charge in [-0.05, 0) is 67.5 Å². The molecule has 3 aliphatic rings. The summed E-state index contributed by atoms with van der Waals surface area (Å²) in [5.41, 5.74) is 3.32. The van der Waals surface area contributed by atoms with E-state index >= 15 is 0 Å². The monoisotopic (exact) mass is 529 g/mol. The molecular formula is C25H28ClN5O4S. The molecule has 4 N–H and O–H groups in total. The predicted molar refractivity (Wildman–Crippen MR) is 140 cm³/mol. The number of carbonyl (C=O) groups is 2. The van der Waals surface area contributed by atoms with Crippen LogP contribution in [0.4, 0.5) is 11.4 Å². The Kier molecular flexibility index (Phi) is 6.90. The Morgan fingerprint density at radius 1 is 1.00 bits per heavy atom. The van der Waals surface area contributed by atoms with Gasteiger partial charge >= 0.3 is 0 Å². The van der Waals surface area contributed by atoms with E-state index in [9.17, 15) is 18.0 Å². The van der Waals surface area contributed by atoms with Crippen molar-refractivity contribution in [2.45, 2.75) is 37.6 Å². The maximum atomic E-state index is 12.9. The first-order valence-electron chi connectivity index (χ1n) is 12.1. The molecule has 2 aliphatic heterocycles. The van der Waals surface area contributed by atoms with E-state index in [1.807, 2.05) is 12.1 Å². The van der Waals surface area contributed by atoms with Crippen LogP contribution in [-0.4, -0.2) is 56.8 Å².